The van der Waals surface area contributed by atoms with Crippen molar-refractivity contribution in [3.05, 3.63) is 83.2 Å². The van der Waals surface area contributed by atoms with Crippen molar-refractivity contribution >= 4 is 23.1 Å². The molecular weight excluding hydrogens is 371 g/mol. The van der Waals surface area contributed by atoms with Crippen LogP contribution in [0.4, 0.5) is 18.9 Å². The van der Waals surface area contributed by atoms with Crippen molar-refractivity contribution in [2.24, 2.45) is 4.99 Å². The van der Waals surface area contributed by atoms with E-state index in [-0.39, 0.29) is 16.9 Å². The molecule has 0 aliphatic rings. The van der Waals surface area contributed by atoms with Crippen LogP contribution in [0.15, 0.2) is 59.6 Å². The summed E-state index contributed by atoms with van der Waals surface area (Å²) in [7, 11) is 0. The second-order valence-corrected chi connectivity index (χ2v) is 5.67. The van der Waals surface area contributed by atoms with Crippen LogP contribution in [-0.4, -0.2) is 10.3 Å². The topological polar surface area (TPSA) is 32.6 Å². The summed E-state index contributed by atoms with van der Waals surface area (Å²) in [6, 6.07) is 12.7. The van der Waals surface area contributed by atoms with Gasteiger partial charge in [0.05, 0.1) is 10.7 Å². The second-order valence-electron chi connectivity index (χ2n) is 5.48. The van der Waals surface area contributed by atoms with E-state index in [1.165, 1.54) is 24.3 Å². The van der Waals surface area contributed by atoms with Gasteiger partial charge in [-0.25, -0.2) is 13.2 Å². The molecule has 3 aromatic carbocycles. The van der Waals surface area contributed by atoms with Gasteiger partial charge in [-0.05, 0) is 59.7 Å². The molecule has 1 N–H and O–H groups in total. The number of thiocarbonyl (C=S) groups is 1. The molecule has 0 heterocycles. The minimum absolute atomic E-state index is 0.0373. The number of phenols is 1. The first kappa shape index (κ1) is 18.4. The number of benzene rings is 3. The minimum atomic E-state index is -0.931. The lowest BCUT2D eigenvalue weighted by Crippen LogP contribution is -1.88. The largest absolute Gasteiger partial charge is 0.508 e. The first-order chi connectivity index (χ1) is 13.0. The molecule has 6 heteroatoms. The van der Waals surface area contributed by atoms with Gasteiger partial charge in [-0.15, -0.1) is 0 Å². The van der Waals surface area contributed by atoms with Crippen molar-refractivity contribution in [2.45, 2.75) is 0 Å². The van der Waals surface area contributed by atoms with E-state index >= 15 is 0 Å². The SMILES string of the molecule is Oc1ccc(-c2ccc(C#Cc3cc(F)c(N=C=S)c(F)c3)c(F)c2)cc1. The lowest BCUT2D eigenvalue weighted by atomic mass is 10.0. The Morgan fingerprint density at radius 2 is 1.41 bits per heavy atom. The highest BCUT2D eigenvalue weighted by molar-refractivity contribution is 7.78. The number of phenolic OH excluding ortho intramolecular Hbond substituents is 1. The summed E-state index contributed by atoms with van der Waals surface area (Å²) in [4.78, 5) is 3.31. The van der Waals surface area contributed by atoms with Crippen molar-refractivity contribution in [1.82, 2.24) is 0 Å². The average molecular weight is 381 g/mol. The van der Waals surface area contributed by atoms with E-state index in [1.54, 1.807) is 18.2 Å². The molecule has 0 radical (unpaired) electrons. The molecule has 0 fully saturated rings. The molecule has 2 nitrogen and oxygen atoms in total. The van der Waals surface area contributed by atoms with Crippen molar-refractivity contribution < 1.29 is 18.3 Å². The van der Waals surface area contributed by atoms with Crippen LogP contribution in [0.2, 0.25) is 0 Å². The maximum Gasteiger partial charge on any atom is 0.153 e. The van der Waals surface area contributed by atoms with Gasteiger partial charge in [-0.3, -0.25) is 0 Å². The van der Waals surface area contributed by atoms with Crippen LogP contribution >= 0.6 is 12.2 Å². The Hall–Kier alpha value is -3.39. The number of hydrogen-bond donors (Lipinski definition) is 1. The van der Waals surface area contributed by atoms with Gasteiger partial charge in [0.25, 0.3) is 0 Å². The van der Waals surface area contributed by atoms with E-state index in [0.717, 1.165) is 17.7 Å². The van der Waals surface area contributed by atoms with Crippen LogP contribution in [0.5, 0.6) is 5.75 Å². The summed E-state index contributed by atoms with van der Waals surface area (Å²) in [6.07, 6.45) is 0. The molecule has 0 unspecified atom stereocenters. The van der Waals surface area contributed by atoms with Gasteiger partial charge in [0.1, 0.15) is 17.3 Å². The van der Waals surface area contributed by atoms with E-state index in [1.807, 2.05) is 5.16 Å². The third kappa shape index (κ3) is 4.24. The van der Waals surface area contributed by atoms with Crippen molar-refractivity contribution in [3.8, 4) is 28.7 Å². The smallest absolute Gasteiger partial charge is 0.153 e. The van der Waals surface area contributed by atoms with Gasteiger partial charge in [-0.2, -0.15) is 4.99 Å². The van der Waals surface area contributed by atoms with Gasteiger partial charge in [-0.1, -0.05) is 30.0 Å². The molecule has 27 heavy (non-hydrogen) atoms. The number of aromatic hydroxyl groups is 1. The highest BCUT2D eigenvalue weighted by Gasteiger charge is 2.09. The monoisotopic (exact) mass is 381 g/mol. The summed E-state index contributed by atoms with van der Waals surface area (Å²) < 4.78 is 41.9. The van der Waals surface area contributed by atoms with E-state index in [9.17, 15) is 18.3 Å². The molecule has 132 valence electrons. The van der Waals surface area contributed by atoms with E-state index in [2.05, 4.69) is 29.1 Å². The summed E-state index contributed by atoms with van der Waals surface area (Å²) in [5, 5.41) is 11.2. The Kier molecular flexibility index (Phi) is 5.37. The maximum absolute atomic E-state index is 14.3. The first-order valence-corrected chi connectivity index (χ1v) is 8.06. The number of hydrogen-bond acceptors (Lipinski definition) is 3. The molecule has 3 rings (SSSR count). The number of rotatable bonds is 2. The van der Waals surface area contributed by atoms with Crippen molar-refractivity contribution in [3.63, 3.8) is 0 Å². The molecular formula is C21H10F3NOS. The maximum atomic E-state index is 14.3. The van der Waals surface area contributed by atoms with Crippen LogP contribution in [0.1, 0.15) is 11.1 Å². The molecule has 0 aliphatic carbocycles. The zero-order valence-corrected chi connectivity index (χ0v) is 14.4. The highest BCUT2D eigenvalue weighted by Crippen LogP contribution is 2.25. The third-order valence-corrected chi connectivity index (χ3v) is 3.78. The fourth-order valence-corrected chi connectivity index (χ4v) is 2.47. The Labute approximate surface area is 158 Å². The van der Waals surface area contributed by atoms with Gasteiger partial charge >= 0.3 is 0 Å². The lowest BCUT2D eigenvalue weighted by molar-refractivity contribution is 0.475. The Bertz CT molecular complexity index is 1100. The van der Waals surface area contributed by atoms with Gasteiger partial charge < -0.3 is 5.11 Å². The number of halogens is 3. The van der Waals surface area contributed by atoms with E-state index < -0.39 is 23.1 Å². The van der Waals surface area contributed by atoms with Crippen LogP contribution < -0.4 is 0 Å². The number of nitrogens with zero attached hydrogens (tertiary/aromatic N) is 1. The molecule has 0 amide bonds. The normalized spacial score (nSPS) is 9.89. The predicted octanol–water partition coefficient (Wildman–Crippen LogP) is 5.61. The molecule has 0 atom stereocenters. The fourth-order valence-electron chi connectivity index (χ4n) is 2.38. The minimum Gasteiger partial charge on any atom is -0.508 e. The standard InChI is InChI=1S/C21H10F3NOS/c22-18-11-16(14-5-7-17(26)8-6-14)4-3-15(18)2-1-13-9-19(23)21(25-12-27)20(24)10-13/h3-11,26H. The zero-order chi connectivity index (χ0) is 19.4. The van der Waals surface area contributed by atoms with Gasteiger partial charge in [0.15, 0.2) is 11.6 Å². The molecule has 0 aliphatic heterocycles. The van der Waals surface area contributed by atoms with Gasteiger partial charge in [0.2, 0.25) is 0 Å². The number of isothiocyanates is 1. The van der Waals surface area contributed by atoms with Crippen LogP contribution in [0, 0.1) is 29.3 Å². The van der Waals surface area contributed by atoms with Crippen molar-refractivity contribution in [2.75, 3.05) is 0 Å². The molecule has 0 saturated heterocycles. The fraction of sp³-hybridized carbons (Fsp3) is 0. The Morgan fingerprint density at radius 1 is 0.778 bits per heavy atom. The predicted molar refractivity (Wildman–Crippen MR) is 101 cm³/mol. The Morgan fingerprint density at radius 3 is 2.00 bits per heavy atom. The Balaban J connectivity index is 1.91. The van der Waals surface area contributed by atoms with E-state index in [0.29, 0.717) is 5.56 Å². The molecule has 0 aromatic heterocycles. The zero-order valence-electron chi connectivity index (χ0n) is 13.6. The highest BCUT2D eigenvalue weighted by atomic mass is 32.1. The second kappa shape index (κ2) is 7.88. The van der Waals surface area contributed by atoms with Crippen LogP contribution in [-0.2, 0) is 0 Å². The summed E-state index contributed by atoms with van der Waals surface area (Å²) >= 11 is 4.34. The van der Waals surface area contributed by atoms with Crippen LogP contribution in [0.3, 0.4) is 0 Å². The lowest BCUT2D eigenvalue weighted by Gasteiger charge is -2.03. The molecule has 0 spiro atoms. The van der Waals surface area contributed by atoms with Crippen LogP contribution in [0.25, 0.3) is 11.1 Å². The third-order valence-electron chi connectivity index (χ3n) is 3.69. The summed E-state index contributed by atoms with van der Waals surface area (Å²) in [6.45, 7) is 0. The summed E-state index contributed by atoms with van der Waals surface area (Å²) in [5.41, 5.74) is 0.914. The molecule has 0 bridgehead atoms. The average Bonchev–Trinajstić information content (AvgIpc) is 2.64. The quantitative estimate of drug-likeness (QED) is 0.355. The van der Waals surface area contributed by atoms with Gasteiger partial charge in [0, 0.05) is 5.56 Å². The first-order valence-electron chi connectivity index (χ1n) is 7.66. The number of aliphatic imine (C=N–C) groups is 1. The molecule has 3 aromatic rings. The van der Waals surface area contributed by atoms with E-state index in [4.69, 9.17) is 0 Å². The summed E-state index contributed by atoms with van der Waals surface area (Å²) in [5.74, 6) is 2.77. The molecule has 0 saturated carbocycles. The van der Waals surface area contributed by atoms with Crippen molar-refractivity contribution in [1.29, 1.82) is 0 Å².